The van der Waals surface area contributed by atoms with Gasteiger partial charge in [-0.3, -0.25) is 29.0 Å². The number of Topliss-reactive ketones (excluding diaryl/α,β-unsaturated/α-hetero) is 2. The summed E-state index contributed by atoms with van der Waals surface area (Å²) in [5.41, 5.74) is 6.08. The Morgan fingerprint density at radius 1 is 0.793 bits per heavy atom. The number of phenols is 1. The number of aromatic hydroxyl groups is 1. The van der Waals surface area contributed by atoms with E-state index in [-0.39, 0.29) is 65.7 Å². The van der Waals surface area contributed by atoms with Crippen molar-refractivity contribution < 1.29 is 38.1 Å². The number of amides is 2. The molecule has 2 fully saturated rings. The Morgan fingerprint density at radius 3 is 2.36 bits per heavy atom. The molecule has 4 atom stereocenters. The molecule has 11 nitrogen and oxygen atoms in total. The highest BCUT2D eigenvalue weighted by atomic mass is 19.1. The third kappa shape index (κ3) is 7.35. The topological polar surface area (TPSA) is 139 Å². The summed E-state index contributed by atoms with van der Waals surface area (Å²) in [5.74, 6) is -0.238. The number of nitrogens with zero attached hydrogens (tertiary/aromatic N) is 4. The molecule has 1 aromatic heterocycles. The van der Waals surface area contributed by atoms with Crippen molar-refractivity contribution in [2.45, 2.75) is 62.5 Å². The van der Waals surface area contributed by atoms with E-state index in [4.69, 9.17) is 9.47 Å². The van der Waals surface area contributed by atoms with Gasteiger partial charge in [-0.05, 0) is 102 Å². The molecule has 3 heterocycles. The van der Waals surface area contributed by atoms with Gasteiger partial charge in [0.15, 0.2) is 5.78 Å². The van der Waals surface area contributed by atoms with Gasteiger partial charge in [0.1, 0.15) is 35.8 Å². The van der Waals surface area contributed by atoms with Gasteiger partial charge in [-0.1, -0.05) is 36.4 Å². The molecule has 5 aromatic rings. The monoisotopic (exact) mass is 780 g/mol. The minimum absolute atomic E-state index is 0.0600. The SMILES string of the molecule is O=C1CCC(N2C(=O)c3ccc(-c4cnc(O[C@@H]5CCN(CCOc6ccc([C@H]7c8ccc(O)cc8CC[C@H]7c7ccc(F)cc7)cc6)C5)cn4)cc3C2=O)C(=O)C1. The third-order valence-corrected chi connectivity index (χ3v) is 11.9. The van der Waals surface area contributed by atoms with Crippen molar-refractivity contribution in [2.75, 3.05) is 26.2 Å². The number of fused-ring (bicyclic) bond motifs is 2. The van der Waals surface area contributed by atoms with E-state index in [1.165, 1.54) is 17.7 Å². The number of aromatic nitrogens is 2. The Kier molecular flexibility index (Phi) is 10.0. The Labute approximate surface area is 334 Å². The van der Waals surface area contributed by atoms with Gasteiger partial charge in [-0.15, -0.1) is 0 Å². The highest BCUT2D eigenvalue weighted by Gasteiger charge is 2.44. The Bertz CT molecular complexity index is 2400. The summed E-state index contributed by atoms with van der Waals surface area (Å²) in [4.78, 5) is 62.9. The highest BCUT2D eigenvalue weighted by Crippen LogP contribution is 2.47. The minimum Gasteiger partial charge on any atom is -0.508 e. The van der Waals surface area contributed by atoms with Gasteiger partial charge in [0, 0.05) is 37.5 Å². The molecule has 0 radical (unpaired) electrons. The lowest BCUT2D eigenvalue weighted by atomic mass is 9.69. The highest BCUT2D eigenvalue weighted by molar-refractivity contribution is 6.24. The van der Waals surface area contributed by atoms with Crippen LogP contribution >= 0.6 is 0 Å². The average molecular weight is 781 g/mol. The predicted octanol–water partition coefficient (Wildman–Crippen LogP) is 6.67. The number of ketones is 2. The first-order valence-corrected chi connectivity index (χ1v) is 19.8. The molecule has 0 bridgehead atoms. The second-order valence-corrected chi connectivity index (χ2v) is 15.5. The number of phenolic OH excluding ortho intramolecular Hbond substituents is 1. The van der Waals surface area contributed by atoms with Gasteiger partial charge in [0.2, 0.25) is 5.88 Å². The molecule has 2 amide bonds. The van der Waals surface area contributed by atoms with E-state index >= 15 is 0 Å². The smallest absolute Gasteiger partial charge is 0.262 e. The molecule has 2 aliphatic carbocycles. The molecular formula is C46H41FN4O7. The first kappa shape index (κ1) is 37.3. The first-order chi connectivity index (χ1) is 28.2. The summed E-state index contributed by atoms with van der Waals surface area (Å²) in [6.07, 6.45) is 5.66. The van der Waals surface area contributed by atoms with Crippen molar-refractivity contribution in [1.82, 2.24) is 19.8 Å². The molecule has 58 heavy (non-hydrogen) atoms. The molecule has 1 unspecified atom stereocenters. The molecule has 4 aliphatic rings. The van der Waals surface area contributed by atoms with Crippen LogP contribution in [0.3, 0.4) is 0 Å². The molecule has 1 saturated carbocycles. The number of benzene rings is 4. The number of hydrogen-bond donors (Lipinski definition) is 1. The fourth-order valence-corrected chi connectivity index (χ4v) is 8.98. The molecule has 1 saturated heterocycles. The molecule has 4 aromatic carbocycles. The fraction of sp³-hybridized carbons (Fsp3) is 0.304. The number of likely N-dealkylation sites (tertiary alicyclic amines) is 1. The molecule has 294 valence electrons. The fourth-order valence-electron chi connectivity index (χ4n) is 8.98. The lowest BCUT2D eigenvalue weighted by Crippen LogP contribution is -2.47. The van der Waals surface area contributed by atoms with Gasteiger partial charge in [-0.2, -0.15) is 0 Å². The number of rotatable bonds is 10. The molecule has 12 heteroatoms. The average Bonchev–Trinajstić information content (AvgIpc) is 3.78. The van der Waals surface area contributed by atoms with E-state index in [0.717, 1.165) is 59.7 Å². The summed E-state index contributed by atoms with van der Waals surface area (Å²) in [7, 11) is 0. The van der Waals surface area contributed by atoms with Crippen LogP contribution in [0.5, 0.6) is 17.4 Å². The predicted molar refractivity (Wildman–Crippen MR) is 210 cm³/mol. The van der Waals surface area contributed by atoms with Gasteiger partial charge in [-0.25, -0.2) is 14.4 Å². The third-order valence-electron chi connectivity index (χ3n) is 11.9. The van der Waals surface area contributed by atoms with Gasteiger partial charge < -0.3 is 14.6 Å². The van der Waals surface area contributed by atoms with Crippen LogP contribution in [0.4, 0.5) is 4.39 Å². The number of imide groups is 1. The van der Waals surface area contributed by atoms with Crippen LogP contribution in [0.1, 0.15) is 86.9 Å². The largest absolute Gasteiger partial charge is 0.508 e. The van der Waals surface area contributed by atoms with Crippen molar-refractivity contribution in [2.24, 2.45) is 0 Å². The normalized spacial score (nSPS) is 21.9. The quantitative estimate of drug-likeness (QED) is 0.121. The number of hydrogen-bond acceptors (Lipinski definition) is 10. The lowest BCUT2D eigenvalue weighted by molar-refractivity contribution is -0.132. The van der Waals surface area contributed by atoms with Crippen LogP contribution in [0.15, 0.2) is 97.3 Å². The second-order valence-electron chi connectivity index (χ2n) is 15.5. The minimum atomic E-state index is -0.921. The first-order valence-electron chi connectivity index (χ1n) is 19.8. The molecule has 2 aliphatic heterocycles. The maximum atomic E-state index is 13.8. The van der Waals surface area contributed by atoms with Crippen LogP contribution in [0.25, 0.3) is 11.3 Å². The number of ether oxygens (including phenoxy) is 2. The van der Waals surface area contributed by atoms with E-state index < -0.39 is 23.6 Å². The summed E-state index contributed by atoms with van der Waals surface area (Å²) >= 11 is 0. The zero-order chi connectivity index (χ0) is 39.9. The summed E-state index contributed by atoms with van der Waals surface area (Å²) in [6.45, 7) is 2.79. The standard InChI is InChI=1S/C46H41FN4O7/c47-31-7-1-27(2-8-31)36-13-5-29-21-32(52)9-15-37(29)44(36)28-3-11-34(12-4-28)57-20-19-50-18-17-35(26-50)58-43-25-48-40(24-49-43)30-6-14-38-39(22-30)46(56)51(45(38)55)41-16-10-33(53)23-42(41)54/h1-4,6-9,11-12,14-15,21-22,24-25,35-36,41,44,52H,5,10,13,16-20,23,26H2/t35-,36+,41?,44-/m1/s1. The Hall–Kier alpha value is -6.27. The van der Waals surface area contributed by atoms with Gasteiger partial charge in [0.05, 0.1) is 41.7 Å². The van der Waals surface area contributed by atoms with E-state index in [1.54, 1.807) is 36.7 Å². The number of aryl methyl sites for hydroxylation is 1. The van der Waals surface area contributed by atoms with Gasteiger partial charge >= 0.3 is 0 Å². The van der Waals surface area contributed by atoms with E-state index in [2.05, 4.69) is 27.0 Å². The molecule has 9 rings (SSSR count). The zero-order valence-corrected chi connectivity index (χ0v) is 31.7. The molecule has 0 spiro atoms. The summed E-state index contributed by atoms with van der Waals surface area (Å²) in [6, 6.07) is 24.6. The number of carbonyl (C=O) groups is 4. The van der Waals surface area contributed by atoms with Crippen molar-refractivity contribution in [3.05, 3.63) is 137 Å². The van der Waals surface area contributed by atoms with Crippen LogP contribution in [0.2, 0.25) is 0 Å². The number of halogens is 1. The van der Waals surface area contributed by atoms with E-state index in [1.807, 2.05) is 36.4 Å². The maximum Gasteiger partial charge on any atom is 0.262 e. The van der Waals surface area contributed by atoms with Crippen LogP contribution < -0.4 is 9.47 Å². The molecular weight excluding hydrogens is 740 g/mol. The Morgan fingerprint density at radius 2 is 1.59 bits per heavy atom. The van der Waals surface area contributed by atoms with Crippen molar-refractivity contribution in [3.63, 3.8) is 0 Å². The van der Waals surface area contributed by atoms with Gasteiger partial charge in [0.25, 0.3) is 11.8 Å². The number of carbonyl (C=O) groups excluding carboxylic acids is 4. The van der Waals surface area contributed by atoms with E-state index in [0.29, 0.717) is 30.3 Å². The lowest BCUT2D eigenvalue weighted by Gasteiger charge is -2.35. The summed E-state index contributed by atoms with van der Waals surface area (Å²) in [5, 5.41) is 10.2. The van der Waals surface area contributed by atoms with Crippen LogP contribution in [-0.4, -0.2) is 86.6 Å². The zero-order valence-electron chi connectivity index (χ0n) is 31.7. The van der Waals surface area contributed by atoms with Crippen LogP contribution in [0, 0.1) is 5.82 Å². The maximum absolute atomic E-state index is 13.8. The molecule has 1 N–H and O–H groups in total. The second kappa shape index (κ2) is 15.6. The van der Waals surface area contributed by atoms with Crippen molar-refractivity contribution >= 4 is 23.4 Å². The van der Waals surface area contributed by atoms with Crippen LogP contribution in [-0.2, 0) is 16.0 Å². The van der Waals surface area contributed by atoms with E-state index in [9.17, 15) is 28.7 Å². The van der Waals surface area contributed by atoms with Crippen molar-refractivity contribution in [3.8, 4) is 28.6 Å². The Balaban J connectivity index is 0.778. The summed E-state index contributed by atoms with van der Waals surface area (Å²) < 4.78 is 26.1. The van der Waals surface area contributed by atoms with Crippen molar-refractivity contribution in [1.29, 1.82) is 0 Å².